The van der Waals surface area contributed by atoms with E-state index in [1.165, 1.54) is 50.7 Å². The Morgan fingerprint density at radius 2 is 1.43 bits per heavy atom. The van der Waals surface area contributed by atoms with Gasteiger partial charge in [-0.15, -0.1) is 0 Å². The number of carboxylic acid groups (broad SMARTS) is 1. The number of rotatable bonds is 6. The number of aryl methyl sites for hydroxylation is 1. The number of carboxylic acids is 1. The van der Waals surface area contributed by atoms with Gasteiger partial charge in [0.1, 0.15) is 0 Å². The van der Waals surface area contributed by atoms with Crippen LogP contribution >= 0.6 is 0 Å². The third-order valence-corrected chi connectivity index (χ3v) is 10.9. The van der Waals surface area contributed by atoms with E-state index in [1.807, 2.05) is 45.0 Å². The maximum absolute atomic E-state index is 13.3. The summed E-state index contributed by atoms with van der Waals surface area (Å²) < 4.78 is 31.3. The molecule has 0 spiro atoms. The molecule has 4 atom stereocenters. The maximum Gasteiger partial charge on any atom is 0.360 e. The van der Waals surface area contributed by atoms with Crippen molar-refractivity contribution in [2.45, 2.75) is 128 Å². The van der Waals surface area contributed by atoms with Gasteiger partial charge in [0.15, 0.2) is 0 Å². The Balaban J connectivity index is 0.000000312. The molecular formula is C36H51N3O6S. The van der Waals surface area contributed by atoms with Crippen molar-refractivity contribution in [2.75, 3.05) is 0 Å². The van der Waals surface area contributed by atoms with Crippen molar-refractivity contribution in [3.8, 4) is 0 Å². The van der Waals surface area contributed by atoms with Gasteiger partial charge in [0.25, 0.3) is 15.7 Å². The van der Waals surface area contributed by atoms with Crippen LogP contribution in [0.15, 0.2) is 58.2 Å². The zero-order valence-corrected chi connectivity index (χ0v) is 28.7. The average molecular weight is 654 g/mol. The van der Waals surface area contributed by atoms with Crippen molar-refractivity contribution in [3.05, 3.63) is 70.1 Å². The minimum atomic E-state index is -4.02. The van der Waals surface area contributed by atoms with E-state index in [0.29, 0.717) is 23.6 Å². The first-order valence-corrected chi connectivity index (χ1v) is 18.5. The summed E-state index contributed by atoms with van der Waals surface area (Å²) in [6.45, 7) is 10.4. The zero-order valence-electron chi connectivity index (χ0n) is 27.9. The molecule has 2 N–H and O–H groups in total. The summed E-state index contributed by atoms with van der Waals surface area (Å²) in [5, 5.41) is 9.65. The highest BCUT2D eigenvalue weighted by atomic mass is 32.2. The molecule has 2 bridgehead atoms. The van der Waals surface area contributed by atoms with Crippen molar-refractivity contribution in [2.24, 2.45) is 11.8 Å². The number of para-hydroxylation sites is 2. The molecule has 46 heavy (non-hydrogen) atoms. The number of aromatic nitrogens is 2. The second-order valence-electron chi connectivity index (χ2n) is 12.9. The van der Waals surface area contributed by atoms with Crippen LogP contribution in [0.25, 0.3) is 11.0 Å². The van der Waals surface area contributed by atoms with Crippen LogP contribution in [0.2, 0.25) is 0 Å². The molecule has 4 unspecified atom stereocenters. The highest BCUT2D eigenvalue weighted by Crippen LogP contribution is 2.45. The minimum absolute atomic E-state index is 0.00209. The minimum Gasteiger partial charge on any atom is -0.476 e. The summed E-state index contributed by atoms with van der Waals surface area (Å²) in [6, 6.07) is 15.0. The van der Waals surface area contributed by atoms with Gasteiger partial charge in [-0.1, -0.05) is 76.8 Å². The molecular weight excluding hydrogens is 602 g/mol. The highest BCUT2D eigenvalue weighted by molar-refractivity contribution is 7.85. The molecule has 1 aromatic heterocycles. The van der Waals surface area contributed by atoms with Crippen LogP contribution in [0.5, 0.6) is 0 Å². The Bertz CT molecular complexity index is 1610. The lowest BCUT2D eigenvalue weighted by Crippen LogP contribution is -2.56. The topological polar surface area (TPSA) is 130 Å². The first kappa shape index (κ1) is 35.8. The molecule has 3 aromatic rings. The first-order chi connectivity index (χ1) is 22.0. The number of carbonyl (C=O) groups is 1. The summed E-state index contributed by atoms with van der Waals surface area (Å²) in [7, 11) is -4.02. The molecule has 6 rings (SSSR count). The van der Waals surface area contributed by atoms with E-state index in [-0.39, 0.29) is 16.6 Å². The van der Waals surface area contributed by atoms with Gasteiger partial charge in [-0.3, -0.25) is 14.2 Å². The van der Waals surface area contributed by atoms with Crippen molar-refractivity contribution in [1.29, 1.82) is 0 Å². The lowest BCUT2D eigenvalue weighted by molar-refractivity contribution is -0.0269. The molecule has 252 valence electrons. The molecule has 0 amide bonds. The Morgan fingerprint density at radius 3 is 1.96 bits per heavy atom. The molecule has 2 aliphatic carbocycles. The Labute approximate surface area is 273 Å². The first-order valence-electron chi connectivity index (χ1n) is 17.1. The number of hydrogen-bond donors (Lipinski definition) is 2. The average Bonchev–Trinajstić information content (AvgIpc) is 3.04. The SMILES string of the molecule is CC.CCC1CC(n2c(=O)c(C(=O)O)nc3ccccc32)CC(CC)N1C1CC2CCCC(C2)C1.Cc1ccc(S(=O)(=O)O)cc1. The van der Waals surface area contributed by atoms with Gasteiger partial charge in [-0.2, -0.15) is 8.42 Å². The molecule has 9 nitrogen and oxygen atoms in total. The predicted molar refractivity (Wildman–Crippen MR) is 182 cm³/mol. The van der Waals surface area contributed by atoms with Crippen LogP contribution in [-0.2, 0) is 10.1 Å². The van der Waals surface area contributed by atoms with Gasteiger partial charge < -0.3 is 9.67 Å². The number of likely N-dealkylation sites (tertiary alicyclic amines) is 1. The lowest BCUT2D eigenvalue weighted by atomic mass is 9.69. The molecule has 2 heterocycles. The third-order valence-electron chi connectivity index (χ3n) is 10.1. The summed E-state index contributed by atoms with van der Waals surface area (Å²) in [4.78, 5) is 32.1. The quantitative estimate of drug-likeness (QED) is 0.261. The van der Waals surface area contributed by atoms with Gasteiger partial charge in [0, 0.05) is 24.2 Å². The van der Waals surface area contributed by atoms with E-state index >= 15 is 0 Å². The van der Waals surface area contributed by atoms with E-state index in [1.54, 1.807) is 16.7 Å². The Morgan fingerprint density at radius 1 is 0.870 bits per heavy atom. The second kappa shape index (κ2) is 15.7. The van der Waals surface area contributed by atoms with E-state index in [0.717, 1.165) is 48.6 Å². The third kappa shape index (κ3) is 8.06. The summed E-state index contributed by atoms with van der Waals surface area (Å²) in [5.41, 5.74) is 1.47. The summed E-state index contributed by atoms with van der Waals surface area (Å²) in [6.07, 6.45) is 12.2. The fourth-order valence-corrected chi connectivity index (χ4v) is 8.61. The fraction of sp³-hybridized carbons (Fsp3) is 0.583. The standard InChI is InChI=1S/C27H37N3O3.C7H8O3S.C2H6/c1-3-19-15-22(30-24-11-6-5-10-23(24)28-25(26(30)31)27(32)33)16-20(4-2)29(19)21-13-17-8-7-9-18(12-17)14-21;1-6-2-4-7(5-3-6)11(8,9)10;1-2/h5-6,10-11,17-22H,3-4,7-9,12-16H2,1-2H3,(H,32,33);2-5H,1H3,(H,8,9,10);1-2H3. The summed E-state index contributed by atoms with van der Waals surface area (Å²) >= 11 is 0. The van der Waals surface area contributed by atoms with Crippen LogP contribution in [0.3, 0.4) is 0 Å². The van der Waals surface area contributed by atoms with Gasteiger partial charge in [-0.25, -0.2) is 9.78 Å². The van der Waals surface area contributed by atoms with E-state index < -0.39 is 21.6 Å². The number of hydrogen-bond acceptors (Lipinski definition) is 6. The number of piperidine rings is 1. The van der Waals surface area contributed by atoms with E-state index in [4.69, 9.17) is 4.55 Å². The fourth-order valence-electron chi connectivity index (χ4n) is 8.13. The van der Waals surface area contributed by atoms with E-state index in [9.17, 15) is 23.1 Å². The Hall–Kier alpha value is -3.08. The second-order valence-corrected chi connectivity index (χ2v) is 14.4. The lowest BCUT2D eigenvalue weighted by Gasteiger charge is -2.53. The molecule has 3 fully saturated rings. The van der Waals surface area contributed by atoms with Crippen LogP contribution < -0.4 is 5.56 Å². The van der Waals surface area contributed by atoms with Crippen molar-refractivity contribution < 1.29 is 22.9 Å². The number of aromatic carboxylic acids is 1. The van der Waals surface area contributed by atoms with Crippen molar-refractivity contribution in [3.63, 3.8) is 0 Å². The monoisotopic (exact) mass is 653 g/mol. The highest BCUT2D eigenvalue weighted by Gasteiger charge is 2.43. The molecule has 1 aliphatic heterocycles. The van der Waals surface area contributed by atoms with Gasteiger partial charge >= 0.3 is 5.97 Å². The number of benzene rings is 2. The molecule has 2 aromatic carbocycles. The molecule has 1 saturated heterocycles. The Kier molecular flexibility index (Phi) is 12.2. The van der Waals surface area contributed by atoms with Crippen LogP contribution in [-0.4, -0.2) is 56.6 Å². The van der Waals surface area contributed by atoms with Crippen molar-refractivity contribution >= 4 is 27.1 Å². The molecule has 2 saturated carbocycles. The van der Waals surface area contributed by atoms with Crippen LogP contribution in [0.4, 0.5) is 0 Å². The predicted octanol–water partition coefficient (Wildman–Crippen LogP) is 7.53. The molecule has 3 aliphatic rings. The normalized spacial score (nSPS) is 26.3. The molecule has 0 radical (unpaired) electrons. The van der Waals surface area contributed by atoms with Gasteiger partial charge in [0.2, 0.25) is 5.69 Å². The zero-order chi connectivity index (χ0) is 33.6. The smallest absolute Gasteiger partial charge is 0.360 e. The van der Waals surface area contributed by atoms with Crippen molar-refractivity contribution in [1.82, 2.24) is 14.5 Å². The van der Waals surface area contributed by atoms with Crippen LogP contribution in [0.1, 0.15) is 114 Å². The molecule has 10 heteroatoms. The van der Waals surface area contributed by atoms with E-state index in [2.05, 4.69) is 23.7 Å². The maximum atomic E-state index is 13.3. The van der Waals surface area contributed by atoms with Crippen LogP contribution in [0, 0.1) is 18.8 Å². The number of nitrogens with zero attached hydrogens (tertiary/aromatic N) is 3. The van der Waals surface area contributed by atoms with Gasteiger partial charge in [-0.05, 0) is 88.0 Å². The largest absolute Gasteiger partial charge is 0.476 e. The summed E-state index contributed by atoms with van der Waals surface area (Å²) in [5.74, 6) is 0.532. The van der Waals surface area contributed by atoms with Gasteiger partial charge in [0.05, 0.1) is 15.9 Å². The number of fused-ring (bicyclic) bond motifs is 3.